The zero-order valence-electron chi connectivity index (χ0n) is 17.6. The fraction of sp³-hybridized carbons (Fsp3) is 0.462. The standard InChI is InChI=1S/C26H34O3/c1-2-3-7-15-23(27)18-20-25-22(14-8-4-5-11-16-26(28)29)17-19-24(25)21-12-9-6-10-13-21/h4,6,8-10,12-13,17-18,20,24-25H,2-3,5,7,11,14-16,19H2,1H3,(H,28,29)/b8-4-,20-18+/t24?,25-/m0/s1. The third-order valence-corrected chi connectivity index (χ3v) is 5.52. The van der Waals surface area contributed by atoms with Crippen LogP contribution in [-0.2, 0) is 9.59 Å². The molecular weight excluding hydrogens is 360 g/mol. The van der Waals surface area contributed by atoms with Gasteiger partial charge in [0.2, 0.25) is 0 Å². The highest BCUT2D eigenvalue weighted by molar-refractivity contribution is 5.89. The number of unbranched alkanes of at least 4 members (excludes halogenated alkanes) is 3. The maximum Gasteiger partial charge on any atom is 0.303 e. The molecule has 0 bridgehead atoms. The van der Waals surface area contributed by atoms with Crippen LogP contribution in [0.4, 0.5) is 0 Å². The Morgan fingerprint density at radius 1 is 1.07 bits per heavy atom. The highest BCUT2D eigenvalue weighted by atomic mass is 16.4. The molecule has 0 fully saturated rings. The van der Waals surface area contributed by atoms with Gasteiger partial charge in [-0.2, -0.15) is 0 Å². The van der Waals surface area contributed by atoms with Crippen LogP contribution in [0.15, 0.2) is 66.3 Å². The zero-order chi connectivity index (χ0) is 20.9. The van der Waals surface area contributed by atoms with E-state index >= 15 is 0 Å². The Morgan fingerprint density at radius 2 is 1.86 bits per heavy atom. The van der Waals surface area contributed by atoms with Gasteiger partial charge < -0.3 is 5.11 Å². The number of aliphatic carboxylic acids is 1. The van der Waals surface area contributed by atoms with E-state index in [-0.39, 0.29) is 18.1 Å². The van der Waals surface area contributed by atoms with Crippen molar-refractivity contribution < 1.29 is 14.7 Å². The average Bonchev–Trinajstić information content (AvgIpc) is 3.12. The van der Waals surface area contributed by atoms with Gasteiger partial charge in [0.1, 0.15) is 0 Å². The van der Waals surface area contributed by atoms with Crippen LogP contribution in [0.2, 0.25) is 0 Å². The van der Waals surface area contributed by atoms with E-state index in [9.17, 15) is 9.59 Å². The van der Waals surface area contributed by atoms with E-state index < -0.39 is 5.97 Å². The molecule has 1 unspecified atom stereocenters. The van der Waals surface area contributed by atoms with E-state index in [4.69, 9.17) is 5.11 Å². The summed E-state index contributed by atoms with van der Waals surface area (Å²) in [6, 6.07) is 10.5. The van der Waals surface area contributed by atoms with Gasteiger partial charge in [0.25, 0.3) is 0 Å². The quantitative estimate of drug-likeness (QED) is 0.232. The number of rotatable bonds is 13. The molecule has 2 atom stereocenters. The topological polar surface area (TPSA) is 54.4 Å². The van der Waals surface area contributed by atoms with Crippen LogP contribution in [0.3, 0.4) is 0 Å². The molecular formula is C26H34O3. The van der Waals surface area contributed by atoms with E-state index in [2.05, 4.69) is 55.5 Å². The highest BCUT2D eigenvalue weighted by Crippen LogP contribution is 2.41. The fourth-order valence-electron chi connectivity index (χ4n) is 3.89. The normalized spacial score (nSPS) is 19.1. The molecule has 1 aliphatic carbocycles. The summed E-state index contributed by atoms with van der Waals surface area (Å²) >= 11 is 0. The molecule has 2 rings (SSSR count). The summed E-state index contributed by atoms with van der Waals surface area (Å²) in [4.78, 5) is 22.8. The third-order valence-electron chi connectivity index (χ3n) is 5.52. The van der Waals surface area contributed by atoms with Crippen molar-refractivity contribution in [3.63, 3.8) is 0 Å². The Hall–Kier alpha value is -2.42. The van der Waals surface area contributed by atoms with Crippen molar-refractivity contribution in [2.45, 2.75) is 70.6 Å². The number of carbonyl (C=O) groups excluding carboxylic acids is 1. The average molecular weight is 395 g/mol. The van der Waals surface area contributed by atoms with E-state index in [1.54, 1.807) is 6.08 Å². The Bertz CT molecular complexity index is 728. The first-order valence-corrected chi connectivity index (χ1v) is 10.9. The second-order valence-electron chi connectivity index (χ2n) is 7.80. The number of hydrogen-bond acceptors (Lipinski definition) is 2. The predicted octanol–water partition coefficient (Wildman–Crippen LogP) is 6.62. The monoisotopic (exact) mass is 394 g/mol. The second-order valence-corrected chi connectivity index (χ2v) is 7.80. The van der Waals surface area contributed by atoms with Crippen LogP contribution in [0.25, 0.3) is 0 Å². The van der Waals surface area contributed by atoms with Crippen molar-refractivity contribution in [2.24, 2.45) is 5.92 Å². The Kier molecular flexibility index (Phi) is 10.2. The minimum atomic E-state index is -0.739. The van der Waals surface area contributed by atoms with Gasteiger partial charge in [-0.1, -0.05) is 80.0 Å². The second kappa shape index (κ2) is 12.9. The lowest BCUT2D eigenvalue weighted by atomic mass is 9.84. The van der Waals surface area contributed by atoms with Crippen molar-refractivity contribution in [2.75, 3.05) is 0 Å². The largest absolute Gasteiger partial charge is 0.481 e. The summed E-state index contributed by atoms with van der Waals surface area (Å²) < 4.78 is 0. The van der Waals surface area contributed by atoms with E-state index in [1.165, 1.54) is 11.1 Å². The summed E-state index contributed by atoms with van der Waals surface area (Å²) in [6.07, 6.45) is 17.8. The Balaban J connectivity index is 1.99. The molecule has 1 aromatic carbocycles. The molecule has 0 spiro atoms. The molecule has 1 N–H and O–H groups in total. The lowest BCUT2D eigenvalue weighted by molar-refractivity contribution is -0.137. The molecule has 0 heterocycles. The summed E-state index contributed by atoms with van der Waals surface area (Å²) in [5, 5.41) is 8.72. The lowest BCUT2D eigenvalue weighted by Crippen LogP contribution is -2.08. The minimum Gasteiger partial charge on any atom is -0.481 e. The first-order valence-electron chi connectivity index (χ1n) is 10.9. The predicted molar refractivity (Wildman–Crippen MR) is 119 cm³/mol. The number of hydrogen-bond donors (Lipinski definition) is 1. The third kappa shape index (κ3) is 8.23. The number of carboxylic acids is 1. The maximum atomic E-state index is 12.2. The molecule has 0 aromatic heterocycles. The highest BCUT2D eigenvalue weighted by Gasteiger charge is 2.28. The lowest BCUT2D eigenvalue weighted by Gasteiger charge is -2.20. The minimum absolute atomic E-state index is 0.217. The van der Waals surface area contributed by atoms with Gasteiger partial charge in [0.15, 0.2) is 5.78 Å². The van der Waals surface area contributed by atoms with Crippen molar-refractivity contribution in [1.29, 1.82) is 0 Å². The molecule has 0 saturated carbocycles. The van der Waals surface area contributed by atoms with Crippen molar-refractivity contribution in [3.05, 3.63) is 71.8 Å². The van der Waals surface area contributed by atoms with E-state index in [0.29, 0.717) is 18.8 Å². The smallest absolute Gasteiger partial charge is 0.303 e. The van der Waals surface area contributed by atoms with Crippen LogP contribution in [-0.4, -0.2) is 16.9 Å². The molecule has 1 aromatic rings. The first kappa shape index (κ1) is 22.9. The van der Waals surface area contributed by atoms with Crippen LogP contribution in [0.1, 0.15) is 76.2 Å². The molecule has 0 saturated heterocycles. The molecule has 0 amide bonds. The zero-order valence-corrected chi connectivity index (χ0v) is 17.6. The van der Waals surface area contributed by atoms with Gasteiger partial charge in [-0.05, 0) is 49.7 Å². The molecule has 3 heteroatoms. The van der Waals surface area contributed by atoms with Crippen LogP contribution < -0.4 is 0 Å². The summed E-state index contributed by atoms with van der Waals surface area (Å²) in [6.45, 7) is 2.15. The number of benzene rings is 1. The molecule has 0 radical (unpaired) electrons. The van der Waals surface area contributed by atoms with Crippen LogP contribution in [0, 0.1) is 5.92 Å². The van der Waals surface area contributed by atoms with Crippen LogP contribution >= 0.6 is 0 Å². The maximum absolute atomic E-state index is 12.2. The SMILES string of the molecule is CCCCCC(=O)/C=C/[C@H]1C(C/C=C\CCCC(=O)O)=CCC1c1ccccc1. The first-order chi connectivity index (χ1) is 14.1. The molecule has 29 heavy (non-hydrogen) atoms. The van der Waals surface area contributed by atoms with E-state index in [0.717, 1.165) is 38.5 Å². The van der Waals surface area contributed by atoms with Crippen molar-refractivity contribution in [1.82, 2.24) is 0 Å². The summed E-state index contributed by atoms with van der Waals surface area (Å²) in [7, 11) is 0. The van der Waals surface area contributed by atoms with Gasteiger partial charge in [0.05, 0.1) is 0 Å². The summed E-state index contributed by atoms with van der Waals surface area (Å²) in [5.41, 5.74) is 2.67. The van der Waals surface area contributed by atoms with Crippen molar-refractivity contribution >= 4 is 11.8 Å². The number of allylic oxidation sites excluding steroid dienone is 6. The summed E-state index contributed by atoms with van der Waals surface area (Å²) in [5.74, 6) is 0.111. The number of carboxylic acid groups (broad SMARTS) is 1. The van der Waals surface area contributed by atoms with Gasteiger partial charge >= 0.3 is 5.97 Å². The van der Waals surface area contributed by atoms with E-state index in [1.807, 2.05) is 6.07 Å². The molecule has 0 aliphatic heterocycles. The molecule has 1 aliphatic rings. The Labute approximate surface area is 175 Å². The number of carbonyl (C=O) groups is 2. The van der Waals surface area contributed by atoms with Gasteiger partial charge in [-0.25, -0.2) is 0 Å². The van der Waals surface area contributed by atoms with Crippen LogP contribution in [0.5, 0.6) is 0 Å². The fourth-order valence-corrected chi connectivity index (χ4v) is 3.89. The number of ketones is 1. The van der Waals surface area contributed by atoms with Gasteiger partial charge in [0, 0.05) is 18.8 Å². The van der Waals surface area contributed by atoms with Gasteiger partial charge in [-0.3, -0.25) is 9.59 Å². The van der Waals surface area contributed by atoms with Crippen molar-refractivity contribution in [3.8, 4) is 0 Å². The molecule has 156 valence electrons. The Morgan fingerprint density at radius 3 is 2.59 bits per heavy atom. The van der Waals surface area contributed by atoms with Gasteiger partial charge in [-0.15, -0.1) is 0 Å². The molecule has 3 nitrogen and oxygen atoms in total.